The summed E-state index contributed by atoms with van der Waals surface area (Å²) >= 11 is 0. The van der Waals surface area contributed by atoms with E-state index in [9.17, 15) is 4.39 Å². The quantitative estimate of drug-likeness (QED) is 0.885. The lowest BCUT2D eigenvalue weighted by molar-refractivity contribution is 0.628. The van der Waals surface area contributed by atoms with Crippen molar-refractivity contribution in [3.8, 4) is 11.1 Å². The molecule has 1 heterocycles. The summed E-state index contributed by atoms with van der Waals surface area (Å²) < 4.78 is 12.8. The van der Waals surface area contributed by atoms with Crippen LogP contribution in [0, 0.1) is 5.82 Å². The second kappa shape index (κ2) is 5.68. The molecular weight excluding hydrogens is 241 g/mol. The molecule has 0 saturated carbocycles. The molecule has 0 saturated heterocycles. The zero-order valence-electron chi connectivity index (χ0n) is 9.53. The van der Waals surface area contributed by atoms with Gasteiger partial charge in [0, 0.05) is 11.3 Å². The zero-order valence-corrected chi connectivity index (χ0v) is 10.4. The van der Waals surface area contributed by atoms with Crippen molar-refractivity contribution in [3.05, 3.63) is 35.8 Å². The molecule has 5 heteroatoms. The van der Waals surface area contributed by atoms with Gasteiger partial charge in [-0.05, 0) is 24.1 Å². The molecule has 2 aromatic rings. The maximum absolute atomic E-state index is 12.8. The monoisotopic (exact) mass is 255 g/mol. The molecule has 0 amide bonds. The lowest BCUT2D eigenvalue weighted by atomic mass is 10.0. The Morgan fingerprint density at radius 2 is 1.94 bits per heavy atom. The summed E-state index contributed by atoms with van der Waals surface area (Å²) in [4.78, 5) is 0. The van der Waals surface area contributed by atoms with Gasteiger partial charge in [0.05, 0.1) is 0 Å². The van der Waals surface area contributed by atoms with Crippen LogP contribution >= 0.6 is 12.4 Å². The van der Waals surface area contributed by atoms with E-state index in [-0.39, 0.29) is 18.2 Å². The van der Waals surface area contributed by atoms with Crippen LogP contribution in [-0.2, 0) is 6.42 Å². The average molecular weight is 256 g/mol. The third kappa shape index (κ3) is 2.77. The molecule has 0 bridgehead atoms. The third-order valence-electron chi connectivity index (χ3n) is 2.50. The van der Waals surface area contributed by atoms with E-state index in [1.807, 2.05) is 0 Å². The van der Waals surface area contributed by atoms with Gasteiger partial charge < -0.3 is 5.73 Å². The van der Waals surface area contributed by atoms with Gasteiger partial charge in [-0.1, -0.05) is 25.5 Å². The fourth-order valence-electron chi connectivity index (χ4n) is 1.76. The number of nitrogen functional groups attached to an aromatic ring is 1. The first-order valence-electron chi connectivity index (χ1n) is 5.31. The van der Waals surface area contributed by atoms with Crippen molar-refractivity contribution in [3.63, 3.8) is 0 Å². The Hall–Kier alpha value is -1.55. The molecule has 2 rings (SSSR count). The SMILES string of the molecule is CCCc1[nH]nc(N)c1-c1ccc(F)cc1.Cl. The molecule has 17 heavy (non-hydrogen) atoms. The number of H-pyrrole nitrogens is 1. The van der Waals surface area contributed by atoms with E-state index < -0.39 is 0 Å². The van der Waals surface area contributed by atoms with Crippen LogP contribution in [0.15, 0.2) is 24.3 Å². The predicted molar refractivity (Wildman–Crippen MR) is 69.6 cm³/mol. The van der Waals surface area contributed by atoms with Crippen LogP contribution < -0.4 is 5.73 Å². The molecule has 0 aliphatic carbocycles. The van der Waals surface area contributed by atoms with Gasteiger partial charge in [-0.3, -0.25) is 5.10 Å². The smallest absolute Gasteiger partial charge is 0.153 e. The molecule has 1 aromatic carbocycles. The molecule has 0 unspecified atom stereocenters. The van der Waals surface area contributed by atoms with Crippen molar-refractivity contribution in [1.29, 1.82) is 0 Å². The Morgan fingerprint density at radius 1 is 1.29 bits per heavy atom. The van der Waals surface area contributed by atoms with Crippen LogP contribution in [0.3, 0.4) is 0 Å². The second-order valence-electron chi connectivity index (χ2n) is 3.72. The molecule has 92 valence electrons. The van der Waals surface area contributed by atoms with Crippen molar-refractivity contribution in [2.24, 2.45) is 0 Å². The summed E-state index contributed by atoms with van der Waals surface area (Å²) in [5.74, 6) is 0.220. The summed E-state index contributed by atoms with van der Waals surface area (Å²) in [6, 6.07) is 6.29. The Bertz CT molecular complexity index is 479. The molecule has 1 aromatic heterocycles. The normalized spacial score (nSPS) is 10.0. The largest absolute Gasteiger partial charge is 0.382 e. The van der Waals surface area contributed by atoms with E-state index in [4.69, 9.17) is 5.73 Å². The fraction of sp³-hybridized carbons (Fsp3) is 0.250. The zero-order chi connectivity index (χ0) is 11.5. The van der Waals surface area contributed by atoms with Gasteiger partial charge in [0.15, 0.2) is 5.82 Å². The third-order valence-corrected chi connectivity index (χ3v) is 2.50. The van der Waals surface area contributed by atoms with Crippen molar-refractivity contribution in [2.45, 2.75) is 19.8 Å². The van der Waals surface area contributed by atoms with Crippen LogP contribution in [0.4, 0.5) is 10.2 Å². The molecule has 0 spiro atoms. The van der Waals surface area contributed by atoms with Gasteiger partial charge >= 0.3 is 0 Å². The van der Waals surface area contributed by atoms with Gasteiger partial charge in [-0.2, -0.15) is 5.10 Å². The maximum Gasteiger partial charge on any atom is 0.153 e. The Kier molecular flexibility index (Phi) is 4.52. The summed E-state index contributed by atoms with van der Waals surface area (Å²) in [5.41, 5.74) is 8.60. The molecule has 0 fully saturated rings. The Morgan fingerprint density at radius 3 is 2.53 bits per heavy atom. The van der Waals surface area contributed by atoms with E-state index in [0.29, 0.717) is 5.82 Å². The predicted octanol–water partition coefficient (Wildman–Crippen LogP) is 3.17. The minimum Gasteiger partial charge on any atom is -0.382 e. The first kappa shape index (κ1) is 13.5. The summed E-state index contributed by atoms with van der Waals surface area (Å²) in [5, 5.41) is 6.91. The minimum absolute atomic E-state index is 0. The van der Waals surface area contributed by atoms with Gasteiger partial charge in [0.1, 0.15) is 5.82 Å². The van der Waals surface area contributed by atoms with Gasteiger partial charge in [0.25, 0.3) is 0 Å². The number of aromatic amines is 1. The number of benzene rings is 1. The highest BCUT2D eigenvalue weighted by atomic mass is 35.5. The molecule has 0 atom stereocenters. The topological polar surface area (TPSA) is 54.7 Å². The van der Waals surface area contributed by atoms with Crippen molar-refractivity contribution >= 4 is 18.2 Å². The van der Waals surface area contributed by atoms with E-state index in [2.05, 4.69) is 17.1 Å². The van der Waals surface area contributed by atoms with Gasteiger partial charge in [0.2, 0.25) is 0 Å². The first-order valence-corrected chi connectivity index (χ1v) is 5.31. The maximum atomic E-state index is 12.8. The number of rotatable bonds is 3. The number of hydrogen-bond acceptors (Lipinski definition) is 2. The number of nitrogens with one attached hydrogen (secondary N) is 1. The molecule has 3 N–H and O–H groups in total. The number of aromatic nitrogens is 2. The highest BCUT2D eigenvalue weighted by molar-refractivity contribution is 5.85. The second-order valence-corrected chi connectivity index (χ2v) is 3.72. The van der Waals surface area contributed by atoms with Crippen LogP contribution in [0.5, 0.6) is 0 Å². The highest BCUT2D eigenvalue weighted by Gasteiger charge is 2.11. The summed E-state index contributed by atoms with van der Waals surface area (Å²) in [7, 11) is 0. The summed E-state index contributed by atoms with van der Waals surface area (Å²) in [6.45, 7) is 2.09. The lowest BCUT2D eigenvalue weighted by Crippen LogP contribution is -1.91. The first-order chi connectivity index (χ1) is 7.72. The number of hydrogen-bond donors (Lipinski definition) is 2. The van der Waals surface area contributed by atoms with E-state index in [1.165, 1.54) is 12.1 Å². The average Bonchev–Trinajstić information content (AvgIpc) is 2.62. The number of nitrogens with two attached hydrogens (primary N) is 1. The molecular formula is C12H15ClFN3. The fourth-order valence-corrected chi connectivity index (χ4v) is 1.76. The number of nitrogens with zero attached hydrogens (tertiary/aromatic N) is 1. The van der Waals surface area contributed by atoms with Crippen molar-refractivity contribution in [1.82, 2.24) is 10.2 Å². The van der Waals surface area contributed by atoms with E-state index >= 15 is 0 Å². The Labute approximate surface area is 106 Å². The molecule has 0 aliphatic heterocycles. The number of anilines is 1. The van der Waals surface area contributed by atoms with Gasteiger partial charge in [-0.15, -0.1) is 12.4 Å². The van der Waals surface area contributed by atoms with Gasteiger partial charge in [-0.25, -0.2) is 4.39 Å². The standard InChI is InChI=1S/C12H14FN3.ClH/c1-2-3-10-11(12(14)16-15-10)8-4-6-9(13)7-5-8;/h4-7H,2-3H2,1H3,(H3,14,15,16);1H. The van der Waals surface area contributed by atoms with Crippen LogP contribution in [0.2, 0.25) is 0 Å². The van der Waals surface area contributed by atoms with Crippen LogP contribution in [0.1, 0.15) is 19.0 Å². The lowest BCUT2D eigenvalue weighted by Gasteiger charge is -2.03. The highest BCUT2D eigenvalue weighted by Crippen LogP contribution is 2.28. The summed E-state index contributed by atoms with van der Waals surface area (Å²) in [6.07, 6.45) is 1.90. The molecule has 3 nitrogen and oxygen atoms in total. The minimum atomic E-state index is -0.247. The van der Waals surface area contributed by atoms with Crippen LogP contribution in [-0.4, -0.2) is 10.2 Å². The van der Waals surface area contributed by atoms with E-state index in [0.717, 1.165) is 29.7 Å². The molecule has 0 radical (unpaired) electrons. The number of halogens is 2. The number of aryl methyl sites for hydroxylation is 1. The van der Waals surface area contributed by atoms with E-state index in [1.54, 1.807) is 12.1 Å². The Balaban J connectivity index is 0.00000144. The van der Waals surface area contributed by atoms with Crippen molar-refractivity contribution in [2.75, 3.05) is 5.73 Å². The van der Waals surface area contributed by atoms with Crippen LogP contribution in [0.25, 0.3) is 11.1 Å². The van der Waals surface area contributed by atoms with Crippen molar-refractivity contribution < 1.29 is 4.39 Å². The molecule has 0 aliphatic rings.